The number of hydrogen-bond acceptors (Lipinski definition) is 3. The zero-order chi connectivity index (χ0) is 11.4. The highest BCUT2D eigenvalue weighted by Crippen LogP contribution is 2.16. The third-order valence-corrected chi connectivity index (χ3v) is 3.17. The summed E-state index contributed by atoms with van der Waals surface area (Å²) in [6, 6.07) is 3.09. The van der Waals surface area contributed by atoms with E-state index in [0.29, 0.717) is 5.82 Å². The van der Waals surface area contributed by atoms with Crippen LogP contribution in [0.25, 0.3) is 0 Å². The number of rotatable bonds is 3. The normalized spacial score (nSPS) is 17.8. The summed E-state index contributed by atoms with van der Waals surface area (Å²) in [6.45, 7) is 4.70. The van der Waals surface area contributed by atoms with Crippen molar-refractivity contribution in [2.45, 2.75) is 0 Å². The van der Waals surface area contributed by atoms with Gasteiger partial charge in [-0.05, 0) is 12.1 Å². The van der Waals surface area contributed by atoms with Gasteiger partial charge in [-0.15, -0.1) is 0 Å². The van der Waals surface area contributed by atoms with Crippen LogP contribution < -0.4 is 4.90 Å². The SMILES string of the molecule is Fc1cccnc1N1CCN(CCBr)CC1. The van der Waals surface area contributed by atoms with Crippen molar-refractivity contribution in [3.05, 3.63) is 24.1 Å². The number of hydrogen-bond donors (Lipinski definition) is 0. The lowest BCUT2D eigenvalue weighted by Gasteiger charge is -2.35. The quantitative estimate of drug-likeness (QED) is 0.790. The van der Waals surface area contributed by atoms with E-state index in [0.717, 1.165) is 38.1 Å². The second-order valence-electron chi connectivity index (χ2n) is 3.83. The highest BCUT2D eigenvalue weighted by atomic mass is 79.9. The van der Waals surface area contributed by atoms with E-state index in [2.05, 4.69) is 25.8 Å². The van der Waals surface area contributed by atoms with Gasteiger partial charge in [0, 0.05) is 44.3 Å². The molecule has 1 fully saturated rings. The van der Waals surface area contributed by atoms with Gasteiger partial charge in [-0.2, -0.15) is 0 Å². The van der Waals surface area contributed by atoms with E-state index in [1.165, 1.54) is 6.07 Å². The highest BCUT2D eigenvalue weighted by Gasteiger charge is 2.19. The average Bonchev–Trinajstić information content (AvgIpc) is 2.31. The molecule has 0 spiro atoms. The summed E-state index contributed by atoms with van der Waals surface area (Å²) in [7, 11) is 0. The summed E-state index contributed by atoms with van der Waals surface area (Å²) in [4.78, 5) is 8.48. The van der Waals surface area contributed by atoms with Gasteiger partial charge < -0.3 is 4.90 Å². The zero-order valence-electron chi connectivity index (χ0n) is 9.07. The molecule has 0 N–H and O–H groups in total. The van der Waals surface area contributed by atoms with Gasteiger partial charge in [0.1, 0.15) is 0 Å². The molecule has 1 aliphatic rings. The maximum absolute atomic E-state index is 13.5. The Balaban J connectivity index is 1.96. The van der Waals surface area contributed by atoms with Gasteiger partial charge in [0.25, 0.3) is 0 Å². The van der Waals surface area contributed by atoms with E-state index >= 15 is 0 Å². The summed E-state index contributed by atoms with van der Waals surface area (Å²) in [6.07, 6.45) is 1.64. The van der Waals surface area contributed by atoms with E-state index in [-0.39, 0.29) is 5.82 Å². The van der Waals surface area contributed by atoms with Crippen LogP contribution in [-0.4, -0.2) is 47.9 Å². The van der Waals surface area contributed by atoms with E-state index in [9.17, 15) is 4.39 Å². The maximum Gasteiger partial charge on any atom is 0.165 e. The van der Waals surface area contributed by atoms with Gasteiger partial charge >= 0.3 is 0 Å². The number of halogens is 2. The van der Waals surface area contributed by atoms with E-state index < -0.39 is 0 Å². The van der Waals surface area contributed by atoms with Gasteiger partial charge in [-0.25, -0.2) is 9.37 Å². The molecule has 0 saturated carbocycles. The van der Waals surface area contributed by atoms with Crippen LogP contribution in [0.15, 0.2) is 18.3 Å². The second-order valence-corrected chi connectivity index (χ2v) is 4.62. The third-order valence-electron chi connectivity index (χ3n) is 2.81. The first-order valence-corrected chi connectivity index (χ1v) is 6.57. The number of alkyl halides is 1. The summed E-state index contributed by atoms with van der Waals surface area (Å²) in [5.74, 6) is 0.262. The lowest BCUT2D eigenvalue weighted by Crippen LogP contribution is -2.47. The molecular formula is C11H15BrFN3. The molecule has 0 atom stereocenters. The van der Waals surface area contributed by atoms with Crippen molar-refractivity contribution in [1.29, 1.82) is 0 Å². The van der Waals surface area contributed by atoms with Gasteiger partial charge in [-0.3, -0.25) is 4.90 Å². The van der Waals surface area contributed by atoms with Gasteiger partial charge in [-0.1, -0.05) is 15.9 Å². The van der Waals surface area contributed by atoms with Crippen molar-refractivity contribution in [1.82, 2.24) is 9.88 Å². The number of pyridine rings is 1. The van der Waals surface area contributed by atoms with Crippen LogP contribution in [0.5, 0.6) is 0 Å². The molecule has 1 saturated heterocycles. The molecule has 2 heterocycles. The Bertz CT molecular complexity index is 340. The molecule has 0 unspecified atom stereocenters. The molecule has 0 aromatic carbocycles. The fourth-order valence-corrected chi connectivity index (χ4v) is 2.41. The molecule has 0 bridgehead atoms. The Morgan fingerprint density at radius 2 is 2.06 bits per heavy atom. The predicted octanol–water partition coefficient (Wildman–Crippen LogP) is 1.74. The Morgan fingerprint density at radius 1 is 1.31 bits per heavy atom. The van der Waals surface area contributed by atoms with Crippen molar-refractivity contribution in [2.24, 2.45) is 0 Å². The fourth-order valence-electron chi connectivity index (χ4n) is 1.91. The Labute approximate surface area is 103 Å². The van der Waals surface area contributed by atoms with Crippen LogP contribution in [0, 0.1) is 5.82 Å². The molecule has 1 aromatic rings. The van der Waals surface area contributed by atoms with Crippen LogP contribution in [0.3, 0.4) is 0 Å². The van der Waals surface area contributed by atoms with Crippen LogP contribution in [0.4, 0.5) is 10.2 Å². The standard InChI is InChI=1S/C11H15BrFN3/c12-3-5-15-6-8-16(9-7-15)11-10(13)2-1-4-14-11/h1-2,4H,3,5-9H2. The second kappa shape index (κ2) is 5.59. The van der Waals surface area contributed by atoms with Crippen LogP contribution >= 0.6 is 15.9 Å². The minimum Gasteiger partial charge on any atom is -0.352 e. The minimum atomic E-state index is -0.226. The molecule has 1 aromatic heterocycles. The summed E-state index contributed by atoms with van der Waals surface area (Å²) in [5, 5.41) is 0.991. The van der Waals surface area contributed by atoms with E-state index in [4.69, 9.17) is 0 Å². The van der Waals surface area contributed by atoms with Crippen molar-refractivity contribution in [2.75, 3.05) is 43.0 Å². The zero-order valence-corrected chi connectivity index (χ0v) is 10.7. The molecule has 0 amide bonds. The molecule has 1 aliphatic heterocycles. The molecule has 2 rings (SSSR count). The fraction of sp³-hybridized carbons (Fsp3) is 0.545. The minimum absolute atomic E-state index is 0.226. The molecule has 88 valence electrons. The Kier molecular flexibility index (Phi) is 4.12. The summed E-state index contributed by atoms with van der Waals surface area (Å²) < 4.78 is 13.5. The predicted molar refractivity (Wildman–Crippen MR) is 66.6 cm³/mol. The lowest BCUT2D eigenvalue weighted by molar-refractivity contribution is 0.272. The Morgan fingerprint density at radius 3 is 2.69 bits per heavy atom. The van der Waals surface area contributed by atoms with E-state index in [1.54, 1.807) is 12.3 Å². The molecule has 3 nitrogen and oxygen atoms in total. The number of aromatic nitrogens is 1. The van der Waals surface area contributed by atoms with Gasteiger partial charge in [0.15, 0.2) is 11.6 Å². The van der Waals surface area contributed by atoms with Crippen molar-refractivity contribution < 1.29 is 4.39 Å². The summed E-state index contributed by atoms with van der Waals surface area (Å²) in [5.41, 5.74) is 0. The first kappa shape index (κ1) is 11.8. The number of piperazine rings is 1. The number of nitrogens with zero attached hydrogens (tertiary/aromatic N) is 3. The van der Waals surface area contributed by atoms with Crippen LogP contribution in [-0.2, 0) is 0 Å². The smallest absolute Gasteiger partial charge is 0.165 e. The first-order chi connectivity index (χ1) is 7.81. The average molecular weight is 288 g/mol. The van der Waals surface area contributed by atoms with E-state index in [1.807, 2.05) is 4.90 Å². The third kappa shape index (κ3) is 2.71. The topological polar surface area (TPSA) is 19.4 Å². The highest BCUT2D eigenvalue weighted by molar-refractivity contribution is 9.09. The molecule has 0 aliphatic carbocycles. The monoisotopic (exact) mass is 287 g/mol. The molecule has 16 heavy (non-hydrogen) atoms. The number of anilines is 1. The van der Waals surface area contributed by atoms with Crippen LogP contribution in [0.1, 0.15) is 0 Å². The molecule has 5 heteroatoms. The van der Waals surface area contributed by atoms with Crippen molar-refractivity contribution in [3.63, 3.8) is 0 Å². The first-order valence-electron chi connectivity index (χ1n) is 5.45. The Hall–Kier alpha value is -0.680. The molecule has 0 radical (unpaired) electrons. The van der Waals surface area contributed by atoms with Gasteiger partial charge in [0.2, 0.25) is 0 Å². The van der Waals surface area contributed by atoms with Crippen molar-refractivity contribution >= 4 is 21.7 Å². The van der Waals surface area contributed by atoms with Crippen LogP contribution in [0.2, 0.25) is 0 Å². The molecular weight excluding hydrogens is 273 g/mol. The lowest BCUT2D eigenvalue weighted by atomic mass is 10.3. The van der Waals surface area contributed by atoms with Crippen molar-refractivity contribution in [3.8, 4) is 0 Å². The van der Waals surface area contributed by atoms with Gasteiger partial charge in [0.05, 0.1) is 0 Å². The largest absolute Gasteiger partial charge is 0.352 e. The maximum atomic E-state index is 13.5. The summed E-state index contributed by atoms with van der Waals surface area (Å²) >= 11 is 3.43.